The predicted molar refractivity (Wildman–Crippen MR) is 113 cm³/mol. The number of carbonyl (C=O) groups excluding carboxylic acids is 1. The first-order chi connectivity index (χ1) is 14.7. The van der Waals surface area contributed by atoms with E-state index in [0.29, 0.717) is 24.4 Å². The lowest BCUT2D eigenvalue weighted by Gasteiger charge is -2.19. The molecule has 0 radical (unpaired) electrons. The lowest BCUT2D eigenvalue weighted by atomic mass is 10.1. The van der Waals surface area contributed by atoms with Gasteiger partial charge in [-0.05, 0) is 61.4 Å². The van der Waals surface area contributed by atoms with Gasteiger partial charge in [-0.3, -0.25) is 4.79 Å². The van der Waals surface area contributed by atoms with Gasteiger partial charge < -0.3 is 18.6 Å². The van der Waals surface area contributed by atoms with Crippen LogP contribution in [0.5, 0.6) is 5.75 Å². The molecular formula is C23H22N4O3. The summed E-state index contributed by atoms with van der Waals surface area (Å²) >= 11 is 0. The van der Waals surface area contributed by atoms with E-state index in [1.807, 2.05) is 54.3 Å². The van der Waals surface area contributed by atoms with Crippen LogP contribution in [0.3, 0.4) is 0 Å². The highest BCUT2D eigenvalue weighted by Gasteiger charge is 2.32. The van der Waals surface area contributed by atoms with Crippen molar-refractivity contribution in [2.24, 2.45) is 0 Å². The Morgan fingerprint density at radius 3 is 2.90 bits per heavy atom. The van der Waals surface area contributed by atoms with Crippen LogP contribution in [-0.4, -0.2) is 45.5 Å². The van der Waals surface area contributed by atoms with Crippen molar-refractivity contribution >= 4 is 17.1 Å². The van der Waals surface area contributed by atoms with Crippen LogP contribution in [0.25, 0.3) is 22.7 Å². The lowest BCUT2D eigenvalue weighted by molar-refractivity contribution is 0.0787. The number of amides is 1. The van der Waals surface area contributed by atoms with Gasteiger partial charge in [0.05, 0.1) is 19.4 Å². The van der Waals surface area contributed by atoms with Crippen molar-refractivity contribution in [2.45, 2.75) is 19.4 Å². The summed E-state index contributed by atoms with van der Waals surface area (Å²) in [5.41, 5.74) is 3.24. The van der Waals surface area contributed by atoms with Crippen LogP contribution in [0.1, 0.15) is 28.4 Å². The van der Waals surface area contributed by atoms with Gasteiger partial charge in [0.15, 0.2) is 17.2 Å². The van der Waals surface area contributed by atoms with Crippen molar-refractivity contribution < 1.29 is 13.9 Å². The Morgan fingerprint density at radius 1 is 1.23 bits per heavy atom. The first-order valence-electron chi connectivity index (χ1n) is 9.96. The predicted octanol–water partition coefficient (Wildman–Crippen LogP) is 4.10. The van der Waals surface area contributed by atoms with E-state index in [1.165, 1.54) is 0 Å². The molecule has 1 fully saturated rings. The largest absolute Gasteiger partial charge is 0.497 e. The van der Waals surface area contributed by atoms with E-state index in [0.717, 1.165) is 34.7 Å². The van der Waals surface area contributed by atoms with Gasteiger partial charge >= 0.3 is 0 Å². The van der Waals surface area contributed by atoms with Crippen LogP contribution in [0, 0.1) is 6.92 Å². The summed E-state index contributed by atoms with van der Waals surface area (Å²) in [6.07, 6.45) is 4.24. The summed E-state index contributed by atoms with van der Waals surface area (Å²) in [5, 5.41) is 0. The second-order valence-corrected chi connectivity index (χ2v) is 7.50. The number of carbonyl (C=O) groups is 1. The summed E-state index contributed by atoms with van der Waals surface area (Å²) < 4.78 is 13.0. The molecule has 1 unspecified atom stereocenters. The molecule has 1 aromatic carbocycles. The quantitative estimate of drug-likeness (QED) is 0.514. The lowest BCUT2D eigenvalue weighted by Crippen LogP contribution is -2.29. The van der Waals surface area contributed by atoms with E-state index >= 15 is 0 Å². The topological polar surface area (TPSA) is 73.4 Å². The molecule has 5 rings (SSSR count). The third kappa shape index (κ3) is 3.03. The Morgan fingerprint density at radius 2 is 2.13 bits per heavy atom. The maximum atomic E-state index is 13.2. The Balaban J connectivity index is 1.47. The molecule has 7 heteroatoms. The molecule has 0 aliphatic carbocycles. The number of hydrogen-bond donors (Lipinski definition) is 0. The number of imidazole rings is 1. The smallest absolute Gasteiger partial charge is 0.254 e. The molecule has 1 saturated heterocycles. The Hall–Kier alpha value is -3.61. The van der Waals surface area contributed by atoms with Gasteiger partial charge in [-0.15, -0.1) is 0 Å². The van der Waals surface area contributed by atoms with Gasteiger partial charge in [0.1, 0.15) is 11.3 Å². The molecule has 1 aliphatic heterocycles. The van der Waals surface area contributed by atoms with Crippen molar-refractivity contribution in [2.75, 3.05) is 20.2 Å². The summed E-state index contributed by atoms with van der Waals surface area (Å²) in [4.78, 5) is 24.4. The van der Waals surface area contributed by atoms with Gasteiger partial charge in [-0.2, -0.15) is 0 Å². The second-order valence-electron chi connectivity index (χ2n) is 7.50. The molecule has 4 heterocycles. The van der Waals surface area contributed by atoms with E-state index in [9.17, 15) is 4.79 Å². The second kappa shape index (κ2) is 7.33. The summed E-state index contributed by atoms with van der Waals surface area (Å²) in [7, 11) is 1.63. The van der Waals surface area contributed by atoms with E-state index in [4.69, 9.17) is 14.1 Å². The first kappa shape index (κ1) is 18.4. The molecule has 1 atom stereocenters. The molecular weight excluding hydrogens is 380 g/mol. The number of methoxy groups -OCH3 is 1. The van der Waals surface area contributed by atoms with Crippen LogP contribution in [0.15, 0.2) is 59.3 Å². The van der Waals surface area contributed by atoms with E-state index in [1.54, 1.807) is 19.6 Å². The number of likely N-dealkylation sites (tertiary alicyclic amines) is 1. The number of hydrogen-bond acceptors (Lipinski definition) is 5. The van der Waals surface area contributed by atoms with Crippen molar-refractivity contribution in [3.63, 3.8) is 0 Å². The number of nitrogens with zero attached hydrogens (tertiary/aromatic N) is 4. The first-order valence-corrected chi connectivity index (χ1v) is 9.96. The van der Waals surface area contributed by atoms with Gasteiger partial charge in [-0.25, -0.2) is 9.97 Å². The fourth-order valence-corrected chi connectivity index (χ4v) is 4.17. The zero-order valence-electron chi connectivity index (χ0n) is 16.9. The summed E-state index contributed by atoms with van der Waals surface area (Å²) in [6.45, 7) is 3.21. The van der Waals surface area contributed by atoms with Crippen molar-refractivity contribution in [1.29, 1.82) is 0 Å². The van der Waals surface area contributed by atoms with Crippen LogP contribution in [0.4, 0.5) is 0 Å². The van der Waals surface area contributed by atoms with E-state index < -0.39 is 0 Å². The Bertz CT molecular complexity index is 1210. The highest BCUT2D eigenvalue weighted by Crippen LogP contribution is 2.33. The maximum absolute atomic E-state index is 13.2. The highest BCUT2D eigenvalue weighted by atomic mass is 16.5. The molecule has 152 valence electrons. The molecule has 1 amide bonds. The number of benzene rings is 1. The van der Waals surface area contributed by atoms with Crippen LogP contribution in [-0.2, 0) is 0 Å². The number of furan rings is 1. The average molecular weight is 402 g/mol. The van der Waals surface area contributed by atoms with Crippen LogP contribution >= 0.6 is 0 Å². The third-order valence-corrected chi connectivity index (χ3v) is 5.67. The minimum absolute atomic E-state index is 0.0366. The van der Waals surface area contributed by atoms with E-state index in [2.05, 4.69) is 9.55 Å². The molecule has 0 spiro atoms. The Kier molecular flexibility index (Phi) is 4.50. The van der Waals surface area contributed by atoms with Gasteiger partial charge in [0.2, 0.25) is 0 Å². The maximum Gasteiger partial charge on any atom is 0.254 e. The third-order valence-electron chi connectivity index (χ3n) is 5.67. The number of ether oxygens (including phenoxy) is 1. The minimum atomic E-state index is 0.0366. The standard InChI is InChI=1S/C23H22N4O3/c1-15-13-17(29-2)7-8-18(15)23(28)26-11-9-16(14-26)27-21-19(5-3-10-24-21)25-22(27)20-6-4-12-30-20/h3-8,10,12-13,16H,9,11,14H2,1-2H3. The monoisotopic (exact) mass is 402 g/mol. The summed E-state index contributed by atoms with van der Waals surface area (Å²) in [5.74, 6) is 2.23. The highest BCUT2D eigenvalue weighted by molar-refractivity contribution is 5.96. The van der Waals surface area contributed by atoms with Gasteiger partial charge in [0, 0.05) is 24.8 Å². The molecule has 1 aliphatic rings. The van der Waals surface area contributed by atoms with Crippen LogP contribution in [0.2, 0.25) is 0 Å². The van der Waals surface area contributed by atoms with Gasteiger partial charge in [-0.1, -0.05) is 0 Å². The molecule has 0 bridgehead atoms. The zero-order chi connectivity index (χ0) is 20.7. The normalized spacial score (nSPS) is 16.3. The number of fused-ring (bicyclic) bond motifs is 1. The van der Waals surface area contributed by atoms with Crippen molar-refractivity contribution in [1.82, 2.24) is 19.4 Å². The average Bonchev–Trinajstić information content (AvgIpc) is 3.51. The number of rotatable bonds is 4. The fourth-order valence-electron chi connectivity index (χ4n) is 4.17. The molecule has 7 nitrogen and oxygen atoms in total. The number of aromatic nitrogens is 3. The molecule has 0 saturated carbocycles. The van der Waals surface area contributed by atoms with Crippen molar-refractivity contribution in [3.8, 4) is 17.3 Å². The molecule has 0 N–H and O–H groups in total. The zero-order valence-corrected chi connectivity index (χ0v) is 16.9. The number of aryl methyl sites for hydroxylation is 1. The minimum Gasteiger partial charge on any atom is -0.497 e. The van der Waals surface area contributed by atoms with Crippen molar-refractivity contribution in [3.05, 3.63) is 66.1 Å². The fraction of sp³-hybridized carbons (Fsp3) is 0.261. The SMILES string of the molecule is COc1ccc(C(=O)N2CCC(n3c(-c4ccco4)nc4cccnc43)C2)c(C)c1. The number of pyridine rings is 1. The molecule has 4 aromatic rings. The van der Waals surface area contributed by atoms with Crippen LogP contribution < -0.4 is 4.74 Å². The molecule has 3 aromatic heterocycles. The Labute approximate surface area is 173 Å². The summed E-state index contributed by atoms with van der Waals surface area (Å²) in [6, 6.07) is 13.2. The molecule has 30 heavy (non-hydrogen) atoms. The van der Waals surface area contributed by atoms with Gasteiger partial charge in [0.25, 0.3) is 5.91 Å². The van der Waals surface area contributed by atoms with E-state index in [-0.39, 0.29) is 11.9 Å².